The first-order valence-corrected chi connectivity index (χ1v) is 9.59. The summed E-state index contributed by atoms with van der Waals surface area (Å²) in [4.78, 5) is 2.59. The van der Waals surface area contributed by atoms with Gasteiger partial charge in [0.05, 0.1) is 0 Å². The van der Waals surface area contributed by atoms with Crippen LogP contribution in [0.2, 0.25) is 0 Å². The summed E-state index contributed by atoms with van der Waals surface area (Å²) in [7, 11) is 0. The molecule has 1 heterocycles. The van der Waals surface area contributed by atoms with Crippen molar-refractivity contribution < 1.29 is 4.39 Å². The van der Waals surface area contributed by atoms with Gasteiger partial charge in [0.1, 0.15) is 5.82 Å². The van der Waals surface area contributed by atoms with Gasteiger partial charge in [0.15, 0.2) is 0 Å². The summed E-state index contributed by atoms with van der Waals surface area (Å²) in [5.41, 5.74) is 4.93. The molecule has 0 bridgehead atoms. The zero-order valence-corrected chi connectivity index (χ0v) is 15.4. The van der Waals surface area contributed by atoms with Crippen LogP contribution in [0.4, 0.5) is 4.39 Å². The second-order valence-corrected chi connectivity index (χ2v) is 7.48. The topological polar surface area (TPSA) is 12.0 Å². The third-order valence-corrected chi connectivity index (χ3v) is 5.83. The standard InChI is InChI=1S/C23H20FNS/c1-16(17-10-12-18(24)13-11-17)25-15-14-19-20-6-2-4-8-22(20)26-23-9-5-3-7-21(19)23/h2-14,16,25H,15H2,1H3/t16-/m1/s1. The van der Waals surface area contributed by atoms with Gasteiger partial charge in [0, 0.05) is 22.4 Å². The highest BCUT2D eigenvalue weighted by atomic mass is 32.2. The lowest BCUT2D eigenvalue weighted by atomic mass is 9.96. The van der Waals surface area contributed by atoms with Crippen LogP contribution < -0.4 is 5.32 Å². The third-order valence-electron chi connectivity index (χ3n) is 4.67. The Hall–Kier alpha value is -2.36. The van der Waals surface area contributed by atoms with Gasteiger partial charge in [-0.1, -0.05) is 66.4 Å². The van der Waals surface area contributed by atoms with Crippen LogP contribution in [0, 0.1) is 5.82 Å². The molecule has 3 aromatic carbocycles. The number of nitrogens with one attached hydrogen (secondary N) is 1. The van der Waals surface area contributed by atoms with E-state index in [1.165, 1.54) is 38.6 Å². The minimum absolute atomic E-state index is 0.163. The summed E-state index contributed by atoms with van der Waals surface area (Å²) in [6.07, 6.45) is 2.26. The van der Waals surface area contributed by atoms with Gasteiger partial charge in [-0.25, -0.2) is 4.39 Å². The lowest BCUT2D eigenvalue weighted by Crippen LogP contribution is -2.19. The van der Waals surface area contributed by atoms with Crippen molar-refractivity contribution in [3.05, 3.63) is 101 Å². The zero-order valence-electron chi connectivity index (χ0n) is 14.6. The Bertz CT molecular complexity index is 899. The minimum atomic E-state index is -0.198. The van der Waals surface area contributed by atoms with Crippen LogP contribution in [-0.4, -0.2) is 6.54 Å². The summed E-state index contributed by atoms with van der Waals surface area (Å²) in [5, 5.41) is 3.52. The monoisotopic (exact) mass is 361 g/mol. The number of halogens is 1. The van der Waals surface area contributed by atoms with E-state index in [9.17, 15) is 4.39 Å². The van der Waals surface area contributed by atoms with Crippen molar-refractivity contribution in [3.63, 3.8) is 0 Å². The van der Waals surface area contributed by atoms with E-state index >= 15 is 0 Å². The van der Waals surface area contributed by atoms with Crippen LogP contribution in [-0.2, 0) is 0 Å². The molecule has 0 saturated carbocycles. The summed E-state index contributed by atoms with van der Waals surface area (Å²) < 4.78 is 13.1. The number of fused-ring (bicyclic) bond motifs is 2. The molecular weight excluding hydrogens is 341 g/mol. The first kappa shape index (κ1) is 17.1. The highest BCUT2D eigenvalue weighted by Crippen LogP contribution is 2.44. The Labute approximate surface area is 158 Å². The van der Waals surface area contributed by atoms with E-state index in [0.717, 1.165) is 12.1 Å². The van der Waals surface area contributed by atoms with Gasteiger partial charge in [-0.15, -0.1) is 0 Å². The van der Waals surface area contributed by atoms with Gasteiger partial charge in [-0.2, -0.15) is 0 Å². The second kappa shape index (κ2) is 7.48. The summed E-state index contributed by atoms with van der Waals surface area (Å²) in [6.45, 7) is 2.85. The Kier molecular flexibility index (Phi) is 4.91. The molecule has 1 N–H and O–H groups in total. The maximum Gasteiger partial charge on any atom is 0.123 e. The van der Waals surface area contributed by atoms with Gasteiger partial charge in [0.25, 0.3) is 0 Å². The van der Waals surface area contributed by atoms with E-state index in [4.69, 9.17) is 0 Å². The van der Waals surface area contributed by atoms with Crippen molar-refractivity contribution in [2.45, 2.75) is 22.8 Å². The maximum absolute atomic E-state index is 13.1. The van der Waals surface area contributed by atoms with Gasteiger partial charge in [-0.3, -0.25) is 0 Å². The quantitative estimate of drug-likeness (QED) is 0.473. The first-order valence-electron chi connectivity index (χ1n) is 8.78. The largest absolute Gasteiger partial charge is 0.307 e. The predicted octanol–water partition coefficient (Wildman–Crippen LogP) is 6.07. The average Bonchev–Trinajstić information content (AvgIpc) is 2.68. The molecular formula is C23H20FNS. The molecule has 26 heavy (non-hydrogen) atoms. The first-order chi connectivity index (χ1) is 12.7. The number of rotatable bonds is 4. The predicted molar refractivity (Wildman–Crippen MR) is 107 cm³/mol. The van der Waals surface area contributed by atoms with E-state index in [1.807, 2.05) is 23.9 Å². The normalized spacial score (nSPS) is 13.7. The smallest absolute Gasteiger partial charge is 0.123 e. The molecule has 0 unspecified atom stereocenters. The fraction of sp³-hybridized carbons (Fsp3) is 0.130. The van der Waals surface area contributed by atoms with E-state index in [1.54, 1.807) is 0 Å². The minimum Gasteiger partial charge on any atom is -0.307 e. The molecule has 3 aromatic rings. The number of hydrogen-bond acceptors (Lipinski definition) is 2. The SMILES string of the molecule is C[C@@H](NCC=C1c2ccccc2Sc2ccccc21)c1ccc(F)cc1. The molecule has 0 aliphatic carbocycles. The maximum atomic E-state index is 13.1. The highest BCUT2D eigenvalue weighted by Gasteiger charge is 2.19. The van der Waals surface area contributed by atoms with Gasteiger partial charge >= 0.3 is 0 Å². The molecule has 1 atom stereocenters. The summed E-state index contributed by atoms with van der Waals surface area (Å²) in [5.74, 6) is -0.198. The van der Waals surface area contributed by atoms with Crippen LogP contribution in [0.3, 0.4) is 0 Å². The van der Waals surface area contributed by atoms with Crippen molar-refractivity contribution >= 4 is 17.3 Å². The highest BCUT2D eigenvalue weighted by molar-refractivity contribution is 7.99. The summed E-state index contributed by atoms with van der Waals surface area (Å²) >= 11 is 1.83. The molecule has 4 rings (SSSR count). The van der Waals surface area contributed by atoms with Crippen LogP contribution >= 0.6 is 11.8 Å². The lowest BCUT2D eigenvalue weighted by Gasteiger charge is -2.22. The molecule has 0 saturated heterocycles. The Morgan fingerprint density at radius 2 is 1.46 bits per heavy atom. The van der Waals surface area contributed by atoms with E-state index in [-0.39, 0.29) is 11.9 Å². The molecule has 0 amide bonds. The van der Waals surface area contributed by atoms with Crippen molar-refractivity contribution in [2.75, 3.05) is 6.54 Å². The second-order valence-electron chi connectivity index (χ2n) is 6.39. The number of hydrogen-bond donors (Lipinski definition) is 1. The Morgan fingerprint density at radius 3 is 2.08 bits per heavy atom. The molecule has 0 aromatic heterocycles. The van der Waals surface area contributed by atoms with E-state index in [2.05, 4.69) is 66.8 Å². The molecule has 1 nitrogen and oxygen atoms in total. The average molecular weight is 361 g/mol. The lowest BCUT2D eigenvalue weighted by molar-refractivity contribution is 0.606. The van der Waals surface area contributed by atoms with E-state index < -0.39 is 0 Å². The van der Waals surface area contributed by atoms with Crippen LogP contribution in [0.5, 0.6) is 0 Å². The third kappa shape index (κ3) is 3.46. The van der Waals surface area contributed by atoms with Crippen molar-refractivity contribution in [3.8, 4) is 0 Å². The molecule has 130 valence electrons. The van der Waals surface area contributed by atoms with Crippen molar-refractivity contribution in [1.82, 2.24) is 5.32 Å². The zero-order chi connectivity index (χ0) is 17.9. The van der Waals surface area contributed by atoms with Gasteiger partial charge < -0.3 is 5.32 Å². The van der Waals surface area contributed by atoms with Crippen molar-refractivity contribution in [2.24, 2.45) is 0 Å². The van der Waals surface area contributed by atoms with Crippen molar-refractivity contribution in [1.29, 1.82) is 0 Å². The molecule has 0 fully saturated rings. The Morgan fingerprint density at radius 1 is 0.885 bits per heavy atom. The fourth-order valence-corrected chi connectivity index (χ4v) is 4.35. The van der Waals surface area contributed by atoms with Gasteiger partial charge in [0.2, 0.25) is 0 Å². The van der Waals surface area contributed by atoms with Gasteiger partial charge in [-0.05, 0) is 53.5 Å². The molecule has 0 radical (unpaired) electrons. The molecule has 1 aliphatic rings. The fourth-order valence-electron chi connectivity index (χ4n) is 3.25. The summed E-state index contributed by atoms with van der Waals surface area (Å²) in [6, 6.07) is 24.0. The Balaban J connectivity index is 1.58. The van der Waals surface area contributed by atoms with Crippen LogP contribution in [0.1, 0.15) is 29.7 Å². The molecule has 1 aliphatic heterocycles. The van der Waals surface area contributed by atoms with Crippen LogP contribution in [0.15, 0.2) is 88.7 Å². The molecule has 3 heteroatoms. The molecule has 0 spiro atoms. The van der Waals surface area contributed by atoms with E-state index in [0.29, 0.717) is 0 Å². The number of benzene rings is 3. The van der Waals surface area contributed by atoms with Crippen LogP contribution in [0.25, 0.3) is 5.57 Å².